The number of nitrogens with two attached hydrogens (primary N) is 1. The van der Waals surface area contributed by atoms with Gasteiger partial charge in [0, 0.05) is 28.8 Å². The topological polar surface area (TPSA) is 108 Å². The second kappa shape index (κ2) is 10.3. The maximum Gasteiger partial charge on any atom is 0.262 e. The first-order valence-corrected chi connectivity index (χ1v) is 14.3. The molecule has 0 bridgehead atoms. The van der Waals surface area contributed by atoms with E-state index in [2.05, 4.69) is 40.3 Å². The van der Waals surface area contributed by atoms with Crippen LogP contribution in [0.4, 0.5) is 0 Å². The summed E-state index contributed by atoms with van der Waals surface area (Å²) < 4.78 is 12.5. The second-order valence-corrected chi connectivity index (χ2v) is 12.0. The Bertz CT molecular complexity index is 1550. The molecule has 1 aliphatic carbocycles. The molecule has 6 rings (SSSR count). The zero-order valence-electron chi connectivity index (χ0n) is 21.6. The Kier molecular flexibility index (Phi) is 6.98. The van der Waals surface area contributed by atoms with Crippen LogP contribution in [-0.2, 0) is 16.0 Å². The van der Waals surface area contributed by atoms with Crippen LogP contribution in [0.25, 0.3) is 21.8 Å². The van der Waals surface area contributed by atoms with Gasteiger partial charge in [-0.15, -0.1) is 0 Å². The van der Waals surface area contributed by atoms with Crippen molar-refractivity contribution in [1.82, 2.24) is 19.7 Å². The summed E-state index contributed by atoms with van der Waals surface area (Å²) in [7, 11) is 1.60. The minimum Gasteiger partial charge on any atom is -0.383 e. The zero-order valence-corrected chi connectivity index (χ0v) is 23.1. The summed E-state index contributed by atoms with van der Waals surface area (Å²) in [5.74, 6) is 0.509. The van der Waals surface area contributed by atoms with Gasteiger partial charge in [0.05, 0.1) is 53.6 Å². The van der Waals surface area contributed by atoms with Gasteiger partial charge in [-0.05, 0) is 68.4 Å². The number of hydrogen-bond acceptors (Lipinski definition) is 7. The largest absolute Gasteiger partial charge is 0.383 e. The van der Waals surface area contributed by atoms with Crippen molar-refractivity contribution in [2.45, 2.75) is 67.1 Å². The fourth-order valence-electron chi connectivity index (χ4n) is 6.06. The van der Waals surface area contributed by atoms with Crippen molar-refractivity contribution in [3.05, 3.63) is 57.6 Å². The Labute approximate surface area is 230 Å². The highest BCUT2D eigenvalue weighted by Crippen LogP contribution is 2.49. The molecule has 1 spiro atoms. The van der Waals surface area contributed by atoms with Gasteiger partial charge < -0.3 is 15.2 Å². The maximum absolute atomic E-state index is 13.1. The van der Waals surface area contributed by atoms with Gasteiger partial charge in [0.2, 0.25) is 0 Å². The van der Waals surface area contributed by atoms with Crippen LogP contribution >= 0.6 is 23.4 Å². The Balaban J connectivity index is 1.23. The molecule has 1 aliphatic heterocycles. The van der Waals surface area contributed by atoms with Gasteiger partial charge in [0.25, 0.3) is 5.56 Å². The van der Waals surface area contributed by atoms with Gasteiger partial charge in [-0.1, -0.05) is 29.4 Å². The fourth-order valence-corrected chi connectivity index (χ4v) is 7.33. The van der Waals surface area contributed by atoms with Crippen LogP contribution in [-0.4, -0.2) is 52.2 Å². The molecular formula is C28H32ClN5O3S. The van der Waals surface area contributed by atoms with E-state index in [1.54, 1.807) is 7.11 Å². The van der Waals surface area contributed by atoms with E-state index in [4.69, 9.17) is 26.8 Å². The van der Waals surface area contributed by atoms with Crippen LogP contribution in [0.3, 0.4) is 0 Å². The second-order valence-electron chi connectivity index (χ2n) is 10.6. The number of hydrogen-bond donors (Lipinski definition) is 2. The van der Waals surface area contributed by atoms with Gasteiger partial charge in [-0.25, -0.2) is 4.98 Å². The van der Waals surface area contributed by atoms with Crippen LogP contribution in [0.2, 0.25) is 5.02 Å². The summed E-state index contributed by atoms with van der Waals surface area (Å²) in [6.07, 6.45) is 6.13. The summed E-state index contributed by atoms with van der Waals surface area (Å²) in [4.78, 5) is 18.2. The summed E-state index contributed by atoms with van der Waals surface area (Å²) in [6.45, 7) is 3.72. The van der Waals surface area contributed by atoms with Crippen molar-refractivity contribution in [2.24, 2.45) is 11.1 Å². The quantitative estimate of drug-likeness (QED) is 0.341. The Morgan fingerprint density at radius 1 is 1.29 bits per heavy atom. The minimum absolute atomic E-state index is 0.129. The van der Waals surface area contributed by atoms with Gasteiger partial charge in [-0.3, -0.25) is 14.5 Å². The molecule has 1 saturated heterocycles. The molecule has 2 aromatic heterocycles. The Morgan fingerprint density at radius 2 is 2.11 bits per heavy atom. The molecule has 1 saturated carbocycles. The van der Waals surface area contributed by atoms with Crippen LogP contribution in [0.1, 0.15) is 44.1 Å². The highest BCUT2D eigenvalue weighted by atomic mass is 35.5. The third-order valence-electron chi connectivity index (χ3n) is 8.49. The number of ether oxygens (including phenoxy) is 2. The molecule has 10 heteroatoms. The summed E-state index contributed by atoms with van der Waals surface area (Å²) in [6, 6.07) is 10.4. The van der Waals surface area contributed by atoms with E-state index in [9.17, 15) is 4.79 Å². The molecule has 2 aromatic carbocycles. The maximum atomic E-state index is 13.1. The third-order valence-corrected chi connectivity index (χ3v) is 10.1. The first-order valence-electron chi connectivity index (χ1n) is 13.1. The molecule has 3 N–H and O–H groups in total. The lowest BCUT2D eigenvalue weighted by Crippen LogP contribution is -2.45. The number of nitrogens with one attached hydrogen (secondary N) is 1. The number of rotatable bonds is 6. The Hall–Kier alpha value is -2.43. The van der Waals surface area contributed by atoms with E-state index in [0.29, 0.717) is 35.0 Å². The molecular weight excluding hydrogens is 522 g/mol. The van der Waals surface area contributed by atoms with Gasteiger partial charge in [-0.2, -0.15) is 5.10 Å². The van der Waals surface area contributed by atoms with Crippen LogP contribution in [0.5, 0.6) is 0 Å². The first kappa shape index (κ1) is 25.8. The average Bonchev–Trinajstić information content (AvgIpc) is 3.46. The summed E-state index contributed by atoms with van der Waals surface area (Å²) in [5, 5.41) is 10.4. The van der Waals surface area contributed by atoms with E-state index in [1.165, 1.54) is 28.2 Å². The zero-order chi connectivity index (χ0) is 26.4. The van der Waals surface area contributed by atoms with E-state index < -0.39 is 0 Å². The van der Waals surface area contributed by atoms with Crippen LogP contribution in [0, 0.1) is 5.41 Å². The lowest BCUT2D eigenvalue weighted by Gasteiger charge is -2.39. The minimum atomic E-state index is -0.176. The molecule has 2 aliphatic rings. The van der Waals surface area contributed by atoms with Gasteiger partial charge >= 0.3 is 0 Å². The van der Waals surface area contributed by atoms with Gasteiger partial charge in [0.15, 0.2) is 0 Å². The summed E-state index contributed by atoms with van der Waals surface area (Å²) in [5.41, 5.74) is 9.38. The fraction of sp³-hybridized carbons (Fsp3) is 0.464. The van der Waals surface area contributed by atoms with E-state index in [1.807, 2.05) is 12.1 Å². The molecule has 3 heterocycles. The van der Waals surface area contributed by atoms with Crippen molar-refractivity contribution in [3.63, 3.8) is 0 Å². The molecule has 38 heavy (non-hydrogen) atoms. The monoisotopic (exact) mass is 553 g/mol. The van der Waals surface area contributed by atoms with E-state index >= 15 is 0 Å². The van der Waals surface area contributed by atoms with Gasteiger partial charge in [0.1, 0.15) is 5.03 Å². The molecule has 2 atom stereocenters. The normalized spacial score (nSPS) is 25.6. The molecule has 0 radical (unpaired) electrons. The highest BCUT2D eigenvalue weighted by molar-refractivity contribution is 7.99. The molecule has 8 nitrogen and oxygen atoms in total. The van der Waals surface area contributed by atoms with E-state index in [0.717, 1.165) is 53.1 Å². The predicted octanol–water partition coefficient (Wildman–Crippen LogP) is 5.11. The van der Waals surface area contributed by atoms with Crippen molar-refractivity contribution in [1.29, 1.82) is 0 Å². The molecule has 2 fully saturated rings. The first-order chi connectivity index (χ1) is 18.4. The van der Waals surface area contributed by atoms with E-state index in [-0.39, 0.29) is 23.1 Å². The van der Waals surface area contributed by atoms with Crippen molar-refractivity contribution in [3.8, 4) is 0 Å². The number of fused-ring (bicyclic) bond motifs is 2. The molecule has 0 amide bonds. The van der Waals surface area contributed by atoms with Crippen molar-refractivity contribution >= 4 is 45.2 Å². The highest BCUT2D eigenvalue weighted by Gasteiger charge is 2.47. The smallest absolute Gasteiger partial charge is 0.262 e. The van der Waals surface area contributed by atoms with Crippen LogP contribution in [0.15, 0.2) is 51.4 Å². The SMILES string of the molecule is COCCn1cnc2ccc(Sc3n[nH]c4cc(C5CCC6(CC5)CO[C@@H](C)[C@H]6N)ccc34)c(Cl)c2c1=O. The molecule has 0 unspecified atom stereocenters. The Morgan fingerprint density at radius 3 is 2.84 bits per heavy atom. The number of nitrogens with zero attached hydrogens (tertiary/aromatic N) is 3. The average molecular weight is 554 g/mol. The molecule has 200 valence electrons. The lowest BCUT2D eigenvalue weighted by molar-refractivity contribution is 0.0897. The number of H-pyrrole nitrogens is 1. The van der Waals surface area contributed by atoms with Crippen molar-refractivity contribution < 1.29 is 9.47 Å². The number of benzene rings is 2. The predicted molar refractivity (Wildman–Crippen MR) is 150 cm³/mol. The summed E-state index contributed by atoms with van der Waals surface area (Å²) >= 11 is 8.21. The molecule has 4 aromatic rings. The number of methoxy groups -OCH3 is 1. The number of aromatic amines is 1. The van der Waals surface area contributed by atoms with Crippen LogP contribution < -0.4 is 11.3 Å². The standard InChI is InChI=1S/C28H32ClN5O3S/c1-16-25(30)28(14-37-16)9-7-17(8-10-28)18-3-4-19-21(13-18)32-33-26(19)38-22-6-5-20-23(24(22)29)27(35)34(15-31-20)11-12-36-2/h3-6,13,15-17,25H,7-12,14,30H2,1-2H3,(H,32,33)/t16-,17?,25+,28?/m0/s1. The number of halogens is 1. The lowest BCUT2D eigenvalue weighted by atomic mass is 9.66. The number of aromatic nitrogens is 4. The third kappa shape index (κ3) is 4.44. The van der Waals surface area contributed by atoms with Crippen molar-refractivity contribution in [2.75, 3.05) is 20.3 Å².